The van der Waals surface area contributed by atoms with Crippen LogP contribution in [-0.4, -0.2) is 91.9 Å². The Kier molecular flexibility index (Phi) is 9.08. The van der Waals surface area contributed by atoms with E-state index in [1.165, 1.54) is 4.90 Å². The van der Waals surface area contributed by atoms with Crippen molar-refractivity contribution in [2.24, 2.45) is 0 Å². The second-order valence-corrected chi connectivity index (χ2v) is 11.9. The number of aromatic nitrogens is 1. The minimum Gasteiger partial charge on any atom is -0.494 e. The van der Waals surface area contributed by atoms with Gasteiger partial charge in [0.1, 0.15) is 17.9 Å². The number of hydrogen-bond acceptors (Lipinski definition) is 8. The molecule has 1 aliphatic carbocycles. The number of aldehydes is 1. The number of benzene rings is 1. The average molecular weight is 571 g/mol. The number of carboxylic acid groups (broad SMARTS) is 1. The van der Waals surface area contributed by atoms with Crippen LogP contribution in [0.3, 0.4) is 0 Å². The van der Waals surface area contributed by atoms with E-state index in [2.05, 4.69) is 10.3 Å². The van der Waals surface area contributed by atoms with E-state index in [9.17, 15) is 24.6 Å². The fourth-order valence-corrected chi connectivity index (χ4v) is 5.66. The van der Waals surface area contributed by atoms with Crippen molar-refractivity contribution >= 4 is 29.1 Å². The van der Waals surface area contributed by atoms with Gasteiger partial charge in [-0.3, -0.25) is 19.8 Å². The molecule has 1 saturated carbocycles. The Morgan fingerprint density at radius 1 is 1.24 bits per heavy atom. The Labute approximate surface area is 240 Å². The molecule has 2 fully saturated rings. The summed E-state index contributed by atoms with van der Waals surface area (Å²) in [5.41, 5.74) is -2.78. The number of aliphatic hydroxyl groups is 1. The predicted molar refractivity (Wildman–Crippen MR) is 153 cm³/mol. The zero-order chi connectivity index (χ0) is 29.9. The summed E-state index contributed by atoms with van der Waals surface area (Å²) in [7, 11) is 0. The van der Waals surface area contributed by atoms with Crippen LogP contribution in [0.1, 0.15) is 66.7 Å². The van der Waals surface area contributed by atoms with Crippen molar-refractivity contribution in [1.29, 1.82) is 0 Å². The van der Waals surface area contributed by atoms with E-state index in [1.54, 1.807) is 6.20 Å². The molecule has 2 amide bonds. The summed E-state index contributed by atoms with van der Waals surface area (Å²) in [6, 6.07) is 5.44. The van der Waals surface area contributed by atoms with E-state index in [0.717, 1.165) is 34.3 Å². The molecular weight excluding hydrogens is 528 g/mol. The van der Waals surface area contributed by atoms with Gasteiger partial charge in [0.15, 0.2) is 12.0 Å². The topological polar surface area (TPSA) is 142 Å². The van der Waals surface area contributed by atoms with Gasteiger partial charge in [-0.15, -0.1) is 0 Å². The Balaban J connectivity index is 1.63. The lowest BCUT2D eigenvalue weighted by Crippen LogP contribution is -2.69. The smallest absolute Gasteiger partial charge is 0.408 e. The summed E-state index contributed by atoms with van der Waals surface area (Å²) >= 11 is 0. The summed E-state index contributed by atoms with van der Waals surface area (Å²) in [5, 5.41) is 26.2. The van der Waals surface area contributed by atoms with Crippen LogP contribution in [0.5, 0.6) is 11.6 Å². The van der Waals surface area contributed by atoms with Gasteiger partial charge in [0.25, 0.3) is 0 Å². The van der Waals surface area contributed by atoms with E-state index in [4.69, 9.17) is 9.47 Å². The molecule has 11 heteroatoms. The summed E-state index contributed by atoms with van der Waals surface area (Å²) in [6.45, 7) is 9.79. The van der Waals surface area contributed by atoms with E-state index in [0.29, 0.717) is 31.6 Å². The number of carbonyl (C=O) groups excluding carboxylic acids is 2. The number of carbonyl (C=O) groups is 3. The van der Waals surface area contributed by atoms with E-state index in [-0.39, 0.29) is 19.0 Å². The lowest BCUT2D eigenvalue weighted by Gasteiger charge is -2.48. The molecule has 1 aliphatic heterocycles. The third kappa shape index (κ3) is 6.73. The molecule has 4 rings (SSSR count). The number of nitrogens with zero attached hydrogens (tertiary/aromatic N) is 3. The van der Waals surface area contributed by atoms with Crippen LogP contribution >= 0.6 is 0 Å². The number of ether oxygens (including phenoxy) is 2. The van der Waals surface area contributed by atoms with Crippen LogP contribution in [0.25, 0.3) is 10.8 Å². The van der Waals surface area contributed by atoms with Crippen LogP contribution < -0.4 is 14.8 Å². The van der Waals surface area contributed by atoms with Crippen molar-refractivity contribution < 1.29 is 34.1 Å². The highest BCUT2D eigenvalue weighted by atomic mass is 16.5. The number of amides is 2. The molecule has 3 N–H and O–H groups in total. The molecule has 2 aromatic rings. The van der Waals surface area contributed by atoms with E-state index >= 15 is 0 Å². The molecule has 4 atom stereocenters. The third-order valence-electron chi connectivity index (χ3n) is 7.62. The Bertz CT molecular complexity index is 1260. The minimum atomic E-state index is -1.96. The van der Waals surface area contributed by atoms with Gasteiger partial charge in [0, 0.05) is 29.6 Å². The van der Waals surface area contributed by atoms with E-state index in [1.807, 2.05) is 58.9 Å². The average Bonchev–Trinajstić information content (AvgIpc) is 3.62. The number of pyridine rings is 1. The molecule has 11 nitrogen and oxygen atoms in total. The third-order valence-corrected chi connectivity index (χ3v) is 7.62. The fraction of sp³-hybridized carbons (Fsp3) is 0.600. The van der Waals surface area contributed by atoms with Gasteiger partial charge in [-0.1, -0.05) is 13.3 Å². The molecule has 224 valence electrons. The maximum absolute atomic E-state index is 14.3. The first-order valence-corrected chi connectivity index (χ1v) is 14.4. The summed E-state index contributed by atoms with van der Waals surface area (Å²) in [4.78, 5) is 45.9. The lowest BCUT2D eigenvalue weighted by molar-refractivity contribution is -0.161. The van der Waals surface area contributed by atoms with Crippen LogP contribution in [0, 0.1) is 0 Å². The summed E-state index contributed by atoms with van der Waals surface area (Å²) in [6.07, 6.45) is 2.92. The Hall–Kier alpha value is -3.44. The lowest BCUT2D eigenvalue weighted by atomic mass is 9.91. The van der Waals surface area contributed by atoms with Crippen molar-refractivity contribution in [2.75, 3.05) is 13.2 Å². The molecule has 2 heterocycles. The molecule has 1 aromatic heterocycles. The highest BCUT2D eigenvalue weighted by molar-refractivity contribution is 5.89. The maximum Gasteiger partial charge on any atom is 0.408 e. The molecular formula is C30H42N4O7. The molecule has 1 aromatic carbocycles. The van der Waals surface area contributed by atoms with Crippen LogP contribution in [0.15, 0.2) is 30.5 Å². The van der Waals surface area contributed by atoms with Crippen LogP contribution in [0.2, 0.25) is 0 Å². The zero-order valence-corrected chi connectivity index (χ0v) is 24.5. The van der Waals surface area contributed by atoms with Gasteiger partial charge < -0.3 is 24.6 Å². The monoisotopic (exact) mass is 570 g/mol. The largest absolute Gasteiger partial charge is 0.494 e. The normalized spacial score (nSPS) is 21.3. The van der Waals surface area contributed by atoms with Gasteiger partial charge in [0.05, 0.1) is 19.2 Å². The van der Waals surface area contributed by atoms with Gasteiger partial charge in [-0.2, -0.15) is 0 Å². The highest BCUT2D eigenvalue weighted by Gasteiger charge is 2.52. The number of nitrogens with one attached hydrogen (secondary N) is 1. The highest BCUT2D eigenvalue weighted by Crippen LogP contribution is 2.34. The van der Waals surface area contributed by atoms with Crippen molar-refractivity contribution in [3.8, 4) is 11.6 Å². The SMILES string of the molecule is CCC[C@H](N(C(=O)[C@@H]1C[C@@H](Oc2nccc3cc(OCC)ccc23)CN1C(=O)O)C(C)(C)C)C(O)(C=O)NC1CC1. The van der Waals surface area contributed by atoms with Crippen molar-refractivity contribution in [2.45, 2.75) is 102 Å². The number of hydrogen-bond donors (Lipinski definition) is 3. The van der Waals surface area contributed by atoms with Gasteiger partial charge in [0.2, 0.25) is 11.8 Å². The van der Waals surface area contributed by atoms with Crippen LogP contribution in [-0.2, 0) is 9.59 Å². The maximum atomic E-state index is 14.3. The molecule has 1 saturated heterocycles. The molecule has 1 unspecified atom stereocenters. The number of rotatable bonds is 12. The zero-order valence-electron chi connectivity index (χ0n) is 24.5. The first-order chi connectivity index (χ1) is 19.4. The molecule has 0 radical (unpaired) electrons. The summed E-state index contributed by atoms with van der Waals surface area (Å²) in [5.74, 6) is 0.583. The second kappa shape index (κ2) is 12.2. The Morgan fingerprint density at radius 2 is 1.98 bits per heavy atom. The number of likely N-dealkylation sites (tertiary alicyclic amines) is 1. The van der Waals surface area contributed by atoms with Gasteiger partial charge >= 0.3 is 6.09 Å². The Morgan fingerprint density at radius 3 is 2.56 bits per heavy atom. The van der Waals surface area contributed by atoms with Gasteiger partial charge in [-0.25, -0.2) is 9.78 Å². The molecule has 41 heavy (non-hydrogen) atoms. The van der Waals surface area contributed by atoms with Crippen molar-refractivity contribution in [1.82, 2.24) is 20.1 Å². The predicted octanol–water partition coefficient (Wildman–Crippen LogP) is 3.57. The first-order valence-electron chi connectivity index (χ1n) is 14.4. The standard InChI is InChI=1S/C30H42N4O7/c1-6-8-25(30(39,18-35)32-20-9-10-20)34(29(3,4)5)27(36)24-16-22(17-33(24)28(37)38)41-26-23-12-11-21(40-7-2)15-19(23)13-14-31-26/h11-15,18,20,22,24-25,32,39H,6-10,16-17H2,1-5H3,(H,37,38)/t22-,24+,25+,30?/m1/s1. The first kappa shape index (κ1) is 30.5. The fourth-order valence-electron chi connectivity index (χ4n) is 5.66. The quantitative estimate of drug-likeness (QED) is 0.258. The molecule has 0 spiro atoms. The van der Waals surface area contributed by atoms with Gasteiger partial charge in [-0.05, 0) is 76.6 Å². The minimum absolute atomic E-state index is 0.000866. The van der Waals surface area contributed by atoms with Crippen molar-refractivity contribution in [3.63, 3.8) is 0 Å². The number of fused-ring (bicyclic) bond motifs is 1. The second-order valence-electron chi connectivity index (χ2n) is 11.9. The molecule has 0 bridgehead atoms. The van der Waals surface area contributed by atoms with E-state index < -0.39 is 41.5 Å². The molecule has 2 aliphatic rings. The van der Waals surface area contributed by atoms with Crippen molar-refractivity contribution in [3.05, 3.63) is 30.5 Å². The van der Waals surface area contributed by atoms with Crippen LogP contribution in [0.4, 0.5) is 4.79 Å². The summed E-state index contributed by atoms with van der Waals surface area (Å²) < 4.78 is 11.8.